The molecule has 2 aromatic rings. The predicted octanol–water partition coefficient (Wildman–Crippen LogP) is 3.11. The number of carbonyl (C=O) groups is 1. The number of benzene rings is 2. The van der Waals surface area contributed by atoms with E-state index in [2.05, 4.69) is 5.32 Å². The fraction of sp³-hybridized carbons (Fsp3) is 0.316. The molecule has 0 bridgehead atoms. The van der Waals surface area contributed by atoms with Crippen LogP contribution in [0.5, 0.6) is 5.75 Å². The predicted molar refractivity (Wildman–Crippen MR) is 104 cm³/mol. The summed E-state index contributed by atoms with van der Waals surface area (Å²) in [5.41, 5.74) is 3.31. The molecular formula is C19H24N2O4S. The molecule has 6 nitrogen and oxygen atoms in total. The fourth-order valence-corrected chi connectivity index (χ4v) is 3.64. The normalized spacial score (nSPS) is 11.1. The van der Waals surface area contributed by atoms with Crippen LogP contribution in [0.1, 0.15) is 17.5 Å². The quantitative estimate of drug-likeness (QED) is 0.806. The van der Waals surface area contributed by atoms with Crippen molar-refractivity contribution in [2.75, 3.05) is 29.5 Å². The number of nitrogens with one attached hydrogen (secondary N) is 1. The van der Waals surface area contributed by atoms with Gasteiger partial charge in [-0.05, 0) is 61.4 Å². The zero-order valence-electron chi connectivity index (χ0n) is 15.4. The number of carbonyl (C=O) groups excluding carboxylic acids is 1. The number of aryl methyl sites for hydroxylation is 2. The van der Waals surface area contributed by atoms with Crippen molar-refractivity contribution in [3.05, 3.63) is 53.6 Å². The lowest BCUT2D eigenvalue weighted by Gasteiger charge is -2.22. The number of rotatable bonds is 7. The summed E-state index contributed by atoms with van der Waals surface area (Å²) < 4.78 is 30.5. The maximum atomic E-state index is 12.2. The van der Waals surface area contributed by atoms with Gasteiger partial charge in [0.1, 0.15) is 5.75 Å². The second-order valence-corrected chi connectivity index (χ2v) is 8.11. The molecule has 140 valence electrons. The Balaban J connectivity index is 2.08. The highest BCUT2D eigenvalue weighted by Gasteiger charge is 2.18. The molecule has 2 aromatic carbocycles. The van der Waals surface area contributed by atoms with Crippen LogP contribution >= 0.6 is 0 Å². The molecule has 0 aliphatic carbocycles. The van der Waals surface area contributed by atoms with Crippen molar-refractivity contribution in [3.8, 4) is 5.75 Å². The van der Waals surface area contributed by atoms with Gasteiger partial charge in [0.2, 0.25) is 15.9 Å². The molecule has 1 N–H and O–H groups in total. The third-order valence-electron chi connectivity index (χ3n) is 3.81. The number of anilines is 2. The SMILES string of the molecule is COc1ccc(N(CCC(=O)Nc2cc(C)cc(C)c2)S(C)(=O)=O)cc1. The van der Waals surface area contributed by atoms with Crippen LogP contribution in [0.25, 0.3) is 0 Å². The van der Waals surface area contributed by atoms with Gasteiger partial charge in [0, 0.05) is 18.7 Å². The zero-order chi connectivity index (χ0) is 19.3. The van der Waals surface area contributed by atoms with Gasteiger partial charge >= 0.3 is 0 Å². The average Bonchev–Trinajstić information content (AvgIpc) is 2.53. The molecule has 1 amide bonds. The molecule has 0 aromatic heterocycles. The first-order chi connectivity index (χ1) is 12.2. The highest BCUT2D eigenvalue weighted by molar-refractivity contribution is 7.92. The second kappa shape index (κ2) is 8.23. The summed E-state index contributed by atoms with van der Waals surface area (Å²) in [7, 11) is -1.96. The van der Waals surface area contributed by atoms with Crippen LogP contribution in [0, 0.1) is 13.8 Å². The molecule has 0 saturated heterocycles. The standard InChI is InChI=1S/C19H24N2O4S/c1-14-11-15(2)13-16(12-14)20-19(22)9-10-21(26(4,23)24)17-5-7-18(25-3)8-6-17/h5-8,11-13H,9-10H2,1-4H3,(H,20,22). The molecule has 0 fully saturated rings. The molecule has 0 aliphatic rings. The molecule has 0 unspecified atom stereocenters. The van der Waals surface area contributed by atoms with Gasteiger partial charge in [0.05, 0.1) is 19.1 Å². The number of methoxy groups -OCH3 is 1. The molecule has 0 spiro atoms. The van der Waals surface area contributed by atoms with Gasteiger partial charge in [-0.1, -0.05) is 6.07 Å². The van der Waals surface area contributed by atoms with Crippen LogP contribution in [0.3, 0.4) is 0 Å². The second-order valence-electron chi connectivity index (χ2n) is 6.21. The Kier molecular flexibility index (Phi) is 6.26. The highest BCUT2D eigenvalue weighted by atomic mass is 32.2. The van der Waals surface area contributed by atoms with E-state index in [1.54, 1.807) is 31.4 Å². The van der Waals surface area contributed by atoms with Crippen LogP contribution in [-0.2, 0) is 14.8 Å². The molecule has 0 radical (unpaired) electrons. The molecule has 0 heterocycles. The number of hydrogen-bond acceptors (Lipinski definition) is 4. The van der Waals surface area contributed by atoms with Crippen LogP contribution in [0.2, 0.25) is 0 Å². The van der Waals surface area contributed by atoms with E-state index in [1.165, 1.54) is 4.31 Å². The Labute approximate surface area is 154 Å². The zero-order valence-corrected chi connectivity index (χ0v) is 16.3. The minimum Gasteiger partial charge on any atom is -0.497 e. The van der Waals surface area contributed by atoms with Gasteiger partial charge in [-0.25, -0.2) is 8.42 Å². The van der Waals surface area contributed by atoms with E-state index in [9.17, 15) is 13.2 Å². The molecular weight excluding hydrogens is 352 g/mol. The van der Waals surface area contributed by atoms with Crippen LogP contribution < -0.4 is 14.4 Å². The van der Waals surface area contributed by atoms with Gasteiger partial charge < -0.3 is 10.1 Å². The van der Waals surface area contributed by atoms with E-state index < -0.39 is 10.0 Å². The van der Waals surface area contributed by atoms with Crippen molar-refractivity contribution < 1.29 is 17.9 Å². The number of ether oxygens (including phenoxy) is 1. The van der Waals surface area contributed by atoms with E-state index in [4.69, 9.17) is 4.74 Å². The Hall–Kier alpha value is -2.54. The Morgan fingerprint density at radius 2 is 1.65 bits per heavy atom. The average molecular weight is 376 g/mol. The molecule has 0 saturated carbocycles. The van der Waals surface area contributed by atoms with Gasteiger partial charge in [-0.2, -0.15) is 0 Å². The Bertz CT molecular complexity index is 857. The summed E-state index contributed by atoms with van der Waals surface area (Å²) in [6.07, 6.45) is 1.17. The first kappa shape index (κ1) is 19.8. The summed E-state index contributed by atoms with van der Waals surface area (Å²) in [5, 5.41) is 2.82. The van der Waals surface area contributed by atoms with E-state index in [-0.39, 0.29) is 18.9 Å². The largest absolute Gasteiger partial charge is 0.497 e. The minimum absolute atomic E-state index is 0.0477. The Morgan fingerprint density at radius 1 is 1.08 bits per heavy atom. The number of sulfonamides is 1. The smallest absolute Gasteiger partial charge is 0.232 e. The molecule has 7 heteroatoms. The monoisotopic (exact) mass is 376 g/mol. The van der Waals surface area contributed by atoms with Crippen molar-refractivity contribution in [1.82, 2.24) is 0 Å². The molecule has 0 atom stereocenters. The number of nitrogens with zero attached hydrogens (tertiary/aromatic N) is 1. The topological polar surface area (TPSA) is 75.7 Å². The van der Waals surface area contributed by atoms with Crippen LogP contribution in [0.4, 0.5) is 11.4 Å². The maximum Gasteiger partial charge on any atom is 0.232 e. The summed E-state index contributed by atoms with van der Waals surface area (Å²) in [5.74, 6) is 0.395. The summed E-state index contributed by atoms with van der Waals surface area (Å²) in [6.45, 7) is 3.97. The summed E-state index contributed by atoms with van der Waals surface area (Å²) in [4.78, 5) is 12.2. The molecule has 2 rings (SSSR count). The first-order valence-electron chi connectivity index (χ1n) is 8.19. The minimum atomic E-state index is -3.51. The third kappa shape index (κ3) is 5.49. The Morgan fingerprint density at radius 3 is 2.15 bits per heavy atom. The molecule has 0 aliphatic heterocycles. The number of amides is 1. The van der Waals surface area contributed by atoms with Crippen molar-refractivity contribution in [2.24, 2.45) is 0 Å². The van der Waals surface area contributed by atoms with Gasteiger partial charge in [-0.15, -0.1) is 0 Å². The van der Waals surface area contributed by atoms with E-state index in [0.29, 0.717) is 17.1 Å². The van der Waals surface area contributed by atoms with Gasteiger partial charge in [0.15, 0.2) is 0 Å². The first-order valence-corrected chi connectivity index (χ1v) is 10.0. The van der Waals surface area contributed by atoms with Crippen molar-refractivity contribution in [1.29, 1.82) is 0 Å². The lowest BCUT2D eigenvalue weighted by atomic mass is 10.1. The van der Waals surface area contributed by atoms with Crippen molar-refractivity contribution >= 4 is 27.3 Å². The highest BCUT2D eigenvalue weighted by Crippen LogP contribution is 2.22. The summed E-state index contributed by atoms with van der Waals surface area (Å²) >= 11 is 0. The summed E-state index contributed by atoms with van der Waals surface area (Å²) in [6, 6.07) is 12.5. The van der Waals surface area contributed by atoms with Crippen molar-refractivity contribution in [3.63, 3.8) is 0 Å². The maximum absolute atomic E-state index is 12.2. The van der Waals surface area contributed by atoms with E-state index in [0.717, 1.165) is 17.4 Å². The van der Waals surface area contributed by atoms with E-state index in [1.807, 2.05) is 32.0 Å². The number of hydrogen-bond donors (Lipinski definition) is 1. The van der Waals surface area contributed by atoms with Crippen LogP contribution in [0.15, 0.2) is 42.5 Å². The van der Waals surface area contributed by atoms with E-state index >= 15 is 0 Å². The fourth-order valence-electron chi connectivity index (χ4n) is 2.71. The van der Waals surface area contributed by atoms with Crippen LogP contribution in [-0.4, -0.2) is 34.2 Å². The van der Waals surface area contributed by atoms with Crippen molar-refractivity contribution in [2.45, 2.75) is 20.3 Å². The molecule has 26 heavy (non-hydrogen) atoms. The van der Waals surface area contributed by atoms with Gasteiger partial charge in [0.25, 0.3) is 0 Å². The van der Waals surface area contributed by atoms with Gasteiger partial charge in [-0.3, -0.25) is 9.10 Å². The lowest BCUT2D eigenvalue weighted by molar-refractivity contribution is -0.116. The third-order valence-corrected chi connectivity index (χ3v) is 5.00. The lowest BCUT2D eigenvalue weighted by Crippen LogP contribution is -2.33.